The molecule has 0 aromatic carbocycles. The van der Waals surface area contributed by atoms with E-state index in [4.69, 9.17) is 14.3 Å². The van der Waals surface area contributed by atoms with Gasteiger partial charge in [0.15, 0.2) is 0 Å². The summed E-state index contributed by atoms with van der Waals surface area (Å²) in [7, 11) is 0. The van der Waals surface area contributed by atoms with Crippen LogP contribution >= 0.6 is 0 Å². The lowest BCUT2D eigenvalue weighted by Gasteiger charge is -2.21. The van der Waals surface area contributed by atoms with E-state index in [1.165, 1.54) is 6.42 Å². The first-order chi connectivity index (χ1) is 9.24. The summed E-state index contributed by atoms with van der Waals surface area (Å²) in [6.07, 6.45) is 6.65. The molecule has 1 aromatic rings. The number of hydrogen-bond donors (Lipinski definition) is 1. The van der Waals surface area contributed by atoms with Crippen molar-refractivity contribution >= 4 is 5.97 Å². The molecule has 1 saturated heterocycles. The Kier molecular flexibility index (Phi) is 5.32. The quantitative estimate of drug-likeness (QED) is 0.813. The molecule has 1 N–H and O–H groups in total. The van der Waals surface area contributed by atoms with Gasteiger partial charge < -0.3 is 14.3 Å². The first kappa shape index (κ1) is 14.0. The molecule has 6 heteroatoms. The van der Waals surface area contributed by atoms with Gasteiger partial charge >= 0.3 is 5.97 Å². The summed E-state index contributed by atoms with van der Waals surface area (Å²) in [6, 6.07) is 0. The molecule has 0 aliphatic carbocycles. The van der Waals surface area contributed by atoms with E-state index in [1.807, 2.05) is 0 Å². The van der Waals surface area contributed by atoms with Crippen molar-refractivity contribution in [2.24, 2.45) is 0 Å². The van der Waals surface area contributed by atoms with Crippen molar-refractivity contribution in [3.05, 3.63) is 11.8 Å². The predicted molar refractivity (Wildman–Crippen MR) is 66.8 cm³/mol. The largest absolute Gasteiger partial charge is 0.481 e. The highest BCUT2D eigenvalue weighted by atomic mass is 16.5. The van der Waals surface area contributed by atoms with E-state index in [0.29, 0.717) is 30.7 Å². The second-order valence-corrected chi connectivity index (χ2v) is 4.86. The zero-order chi connectivity index (χ0) is 13.5. The monoisotopic (exact) mass is 268 g/mol. The van der Waals surface area contributed by atoms with Gasteiger partial charge in [0.2, 0.25) is 11.8 Å². The number of carboxylic acid groups (broad SMARTS) is 1. The van der Waals surface area contributed by atoms with E-state index in [0.717, 1.165) is 32.3 Å². The summed E-state index contributed by atoms with van der Waals surface area (Å²) < 4.78 is 11.1. The predicted octanol–water partition coefficient (Wildman–Crippen LogP) is 1.98. The lowest BCUT2D eigenvalue weighted by Crippen LogP contribution is -2.19. The number of carboxylic acids is 1. The van der Waals surface area contributed by atoms with Gasteiger partial charge in [-0.25, -0.2) is 0 Å². The highest BCUT2D eigenvalue weighted by Gasteiger charge is 2.15. The van der Waals surface area contributed by atoms with E-state index in [9.17, 15) is 4.79 Å². The summed E-state index contributed by atoms with van der Waals surface area (Å²) in [5.41, 5.74) is 0. The molecule has 19 heavy (non-hydrogen) atoms. The summed E-state index contributed by atoms with van der Waals surface area (Å²) in [6.45, 7) is 0.856. The summed E-state index contributed by atoms with van der Waals surface area (Å²) >= 11 is 0. The zero-order valence-corrected chi connectivity index (χ0v) is 11.0. The fourth-order valence-corrected chi connectivity index (χ4v) is 2.20. The molecule has 0 spiro atoms. The van der Waals surface area contributed by atoms with Crippen molar-refractivity contribution in [3.8, 4) is 0 Å². The molecule has 0 bridgehead atoms. The van der Waals surface area contributed by atoms with Crippen LogP contribution < -0.4 is 0 Å². The third-order valence-electron chi connectivity index (χ3n) is 3.24. The molecular formula is C13H20N2O4. The second-order valence-electron chi connectivity index (χ2n) is 4.86. The average molecular weight is 268 g/mol. The maximum Gasteiger partial charge on any atom is 0.303 e. The number of aliphatic carboxylic acids is 1. The standard InChI is InChI=1S/C13H20N2O4/c16-13(17)6-3-5-11-14-15-12(19-11)8-7-10-4-1-2-9-18-10/h10H,1-9H2,(H,16,17). The third kappa shape index (κ3) is 4.98. The van der Waals surface area contributed by atoms with E-state index in [-0.39, 0.29) is 6.42 Å². The van der Waals surface area contributed by atoms with Gasteiger partial charge in [-0.2, -0.15) is 0 Å². The van der Waals surface area contributed by atoms with E-state index < -0.39 is 5.97 Å². The Bertz CT molecular complexity index is 399. The van der Waals surface area contributed by atoms with Gasteiger partial charge in [-0.15, -0.1) is 10.2 Å². The maximum absolute atomic E-state index is 10.4. The van der Waals surface area contributed by atoms with Crippen molar-refractivity contribution in [1.29, 1.82) is 0 Å². The lowest BCUT2D eigenvalue weighted by molar-refractivity contribution is -0.137. The smallest absolute Gasteiger partial charge is 0.303 e. The van der Waals surface area contributed by atoms with Crippen LogP contribution in [0.3, 0.4) is 0 Å². The molecule has 2 rings (SSSR count). The third-order valence-corrected chi connectivity index (χ3v) is 3.24. The Labute approximate surface area is 112 Å². The molecule has 1 fully saturated rings. The first-order valence-electron chi connectivity index (χ1n) is 6.88. The van der Waals surface area contributed by atoms with Crippen LogP contribution in [0.2, 0.25) is 0 Å². The molecule has 1 atom stereocenters. The molecule has 1 aliphatic heterocycles. The van der Waals surface area contributed by atoms with E-state index in [2.05, 4.69) is 10.2 Å². The topological polar surface area (TPSA) is 85.5 Å². The summed E-state index contributed by atoms with van der Waals surface area (Å²) in [4.78, 5) is 10.4. The van der Waals surface area contributed by atoms with Crippen LogP contribution in [0.5, 0.6) is 0 Å². The molecule has 1 aromatic heterocycles. The van der Waals surface area contributed by atoms with Crippen molar-refractivity contribution in [2.75, 3.05) is 6.61 Å². The SMILES string of the molecule is O=C(O)CCCc1nnc(CCC2CCCCO2)o1. The van der Waals surface area contributed by atoms with Gasteiger partial charge in [0.25, 0.3) is 0 Å². The fourth-order valence-electron chi connectivity index (χ4n) is 2.20. The fraction of sp³-hybridized carbons (Fsp3) is 0.769. The van der Waals surface area contributed by atoms with Gasteiger partial charge in [0, 0.05) is 25.9 Å². The Morgan fingerprint density at radius 1 is 1.26 bits per heavy atom. The minimum Gasteiger partial charge on any atom is -0.481 e. The van der Waals surface area contributed by atoms with Gasteiger partial charge in [-0.05, 0) is 32.1 Å². The molecule has 1 aliphatic rings. The first-order valence-corrected chi connectivity index (χ1v) is 6.88. The molecule has 1 unspecified atom stereocenters. The number of aryl methyl sites for hydroxylation is 2. The molecule has 2 heterocycles. The highest BCUT2D eigenvalue weighted by molar-refractivity contribution is 5.66. The highest BCUT2D eigenvalue weighted by Crippen LogP contribution is 2.17. The van der Waals surface area contributed by atoms with Gasteiger partial charge in [0.1, 0.15) is 0 Å². The van der Waals surface area contributed by atoms with Crippen molar-refractivity contribution in [1.82, 2.24) is 10.2 Å². The molecule has 0 radical (unpaired) electrons. The van der Waals surface area contributed by atoms with Crippen LogP contribution in [0, 0.1) is 0 Å². The van der Waals surface area contributed by atoms with Crippen LogP contribution in [0.1, 0.15) is 50.3 Å². The second kappa shape index (κ2) is 7.23. The van der Waals surface area contributed by atoms with Gasteiger partial charge in [-0.3, -0.25) is 4.79 Å². The molecular weight excluding hydrogens is 248 g/mol. The number of nitrogens with zero attached hydrogens (tertiary/aromatic N) is 2. The van der Waals surface area contributed by atoms with Crippen LogP contribution in [0.15, 0.2) is 4.42 Å². The molecule has 106 valence electrons. The molecule has 6 nitrogen and oxygen atoms in total. The molecule has 0 amide bonds. The summed E-state index contributed by atoms with van der Waals surface area (Å²) in [5, 5.41) is 16.4. The number of ether oxygens (including phenoxy) is 1. The average Bonchev–Trinajstić information content (AvgIpc) is 2.85. The van der Waals surface area contributed by atoms with Crippen LogP contribution in [0.4, 0.5) is 0 Å². The zero-order valence-electron chi connectivity index (χ0n) is 11.0. The van der Waals surface area contributed by atoms with Crippen LogP contribution in [0.25, 0.3) is 0 Å². The normalized spacial score (nSPS) is 19.5. The number of aromatic nitrogens is 2. The van der Waals surface area contributed by atoms with Gasteiger partial charge in [-0.1, -0.05) is 0 Å². The molecule has 0 saturated carbocycles. The maximum atomic E-state index is 10.4. The lowest BCUT2D eigenvalue weighted by atomic mass is 10.0. The number of carbonyl (C=O) groups is 1. The van der Waals surface area contributed by atoms with Crippen molar-refractivity contribution in [2.45, 2.75) is 57.5 Å². The van der Waals surface area contributed by atoms with Gasteiger partial charge in [0.05, 0.1) is 6.10 Å². The summed E-state index contributed by atoms with van der Waals surface area (Å²) in [5.74, 6) is 0.356. The number of hydrogen-bond acceptors (Lipinski definition) is 5. The minimum absolute atomic E-state index is 0.133. The van der Waals surface area contributed by atoms with E-state index in [1.54, 1.807) is 0 Å². The van der Waals surface area contributed by atoms with Crippen LogP contribution in [-0.4, -0.2) is 34.0 Å². The van der Waals surface area contributed by atoms with E-state index >= 15 is 0 Å². The Morgan fingerprint density at radius 3 is 2.74 bits per heavy atom. The number of rotatable bonds is 7. The minimum atomic E-state index is -0.797. The Balaban J connectivity index is 1.69. The van der Waals surface area contributed by atoms with Crippen molar-refractivity contribution < 1.29 is 19.1 Å². The van der Waals surface area contributed by atoms with Crippen LogP contribution in [-0.2, 0) is 22.4 Å². The Hall–Kier alpha value is -1.43. The Morgan fingerprint density at radius 2 is 2.05 bits per heavy atom. The van der Waals surface area contributed by atoms with Crippen molar-refractivity contribution in [3.63, 3.8) is 0 Å².